The van der Waals surface area contributed by atoms with E-state index in [4.69, 9.17) is 16.6 Å². The summed E-state index contributed by atoms with van der Waals surface area (Å²) in [5.74, 6) is 0.981. The van der Waals surface area contributed by atoms with Crippen LogP contribution in [0, 0.1) is 6.92 Å². The van der Waals surface area contributed by atoms with E-state index in [2.05, 4.69) is 55.4 Å². The Morgan fingerprint density at radius 2 is 1.86 bits per heavy atom. The highest BCUT2D eigenvalue weighted by Crippen LogP contribution is 2.25. The van der Waals surface area contributed by atoms with Gasteiger partial charge < -0.3 is 10.2 Å². The van der Waals surface area contributed by atoms with Gasteiger partial charge in [0.1, 0.15) is 5.82 Å². The Balaban J connectivity index is 2.20. The maximum absolute atomic E-state index is 5.95. The summed E-state index contributed by atoms with van der Waals surface area (Å²) in [6.07, 6.45) is 0. The summed E-state index contributed by atoms with van der Waals surface area (Å²) >= 11 is 5.95. The molecule has 0 aliphatic carbocycles. The third kappa shape index (κ3) is 3.74. The van der Waals surface area contributed by atoms with Crippen molar-refractivity contribution in [1.29, 1.82) is 0 Å². The topological polar surface area (TPSA) is 28.2 Å². The van der Waals surface area contributed by atoms with Gasteiger partial charge in [-0.05, 0) is 50.2 Å². The number of hydrogen-bond donors (Lipinski definition) is 1. The van der Waals surface area contributed by atoms with Gasteiger partial charge in [-0.3, -0.25) is 0 Å². The minimum atomic E-state index is 0.240. The Kier molecular flexibility index (Phi) is 5.21. The van der Waals surface area contributed by atoms with Crippen LogP contribution in [0.2, 0.25) is 5.02 Å². The van der Waals surface area contributed by atoms with Crippen LogP contribution in [0.1, 0.15) is 29.8 Å². The molecular weight excluding hydrogens is 282 g/mol. The van der Waals surface area contributed by atoms with E-state index in [1.165, 1.54) is 11.1 Å². The van der Waals surface area contributed by atoms with E-state index in [9.17, 15) is 0 Å². The van der Waals surface area contributed by atoms with Crippen LogP contribution in [0.4, 0.5) is 5.82 Å². The molecule has 0 aliphatic heterocycles. The van der Waals surface area contributed by atoms with Crippen molar-refractivity contribution in [2.24, 2.45) is 0 Å². The smallest absolute Gasteiger partial charge is 0.129 e. The summed E-state index contributed by atoms with van der Waals surface area (Å²) in [5, 5.41) is 3.92. The Hall–Kier alpha value is -1.58. The van der Waals surface area contributed by atoms with E-state index < -0.39 is 0 Å². The predicted molar refractivity (Wildman–Crippen MR) is 90.0 cm³/mol. The van der Waals surface area contributed by atoms with Gasteiger partial charge in [-0.25, -0.2) is 4.98 Å². The minimum Gasteiger partial charge on any atom is -0.353 e. The highest BCUT2D eigenvalue weighted by atomic mass is 35.5. The lowest BCUT2D eigenvalue weighted by molar-refractivity contribution is 0.724. The number of anilines is 1. The molecule has 2 rings (SSSR count). The van der Waals surface area contributed by atoms with Crippen LogP contribution < -0.4 is 10.2 Å². The molecule has 1 aromatic carbocycles. The van der Waals surface area contributed by atoms with Crippen LogP contribution >= 0.6 is 11.6 Å². The molecule has 0 aliphatic rings. The van der Waals surface area contributed by atoms with Crippen LogP contribution in [0.15, 0.2) is 36.4 Å². The molecule has 0 saturated heterocycles. The molecule has 3 nitrogen and oxygen atoms in total. The molecule has 0 fully saturated rings. The first-order valence-corrected chi connectivity index (χ1v) is 7.50. The molecule has 0 saturated carbocycles. The van der Waals surface area contributed by atoms with Crippen molar-refractivity contribution in [2.75, 3.05) is 19.0 Å². The third-order valence-electron chi connectivity index (χ3n) is 3.84. The summed E-state index contributed by atoms with van der Waals surface area (Å²) < 4.78 is 0. The fraction of sp³-hybridized carbons (Fsp3) is 0.353. The first kappa shape index (κ1) is 15.8. The molecule has 112 valence electrons. The molecule has 1 atom stereocenters. The molecule has 1 N–H and O–H groups in total. The number of nitrogens with zero attached hydrogens (tertiary/aromatic N) is 2. The van der Waals surface area contributed by atoms with Crippen molar-refractivity contribution in [1.82, 2.24) is 10.3 Å². The van der Waals surface area contributed by atoms with Crippen molar-refractivity contribution < 1.29 is 0 Å². The van der Waals surface area contributed by atoms with Crippen molar-refractivity contribution >= 4 is 17.4 Å². The number of hydrogen-bond acceptors (Lipinski definition) is 3. The Bertz CT molecular complexity index is 595. The minimum absolute atomic E-state index is 0.240. The summed E-state index contributed by atoms with van der Waals surface area (Å²) in [4.78, 5) is 6.90. The molecule has 1 unspecified atom stereocenters. The highest BCUT2D eigenvalue weighted by molar-refractivity contribution is 6.30. The average molecular weight is 304 g/mol. The monoisotopic (exact) mass is 303 g/mol. The van der Waals surface area contributed by atoms with Gasteiger partial charge in [0.05, 0.1) is 6.04 Å². The third-order valence-corrected chi connectivity index (χ3v) is 4.09. The van der Waals surface area contributed by atoms with Crippen LogP contribution in [0.3, 0.4) is 0 Å². The number of aryl methyl sites for hydroxylation is 1. The van der Waals surface area contributed by atoms with Gasteiger partial charge >= 0.3 is 0 Å². The molecule has 0 spiro atoms. The van der Waals surface area contributed by atoms with Gasteiger partial charge in [-0.2, -0.15) is 0 Å². The van der Waals surface area contributed by atoms with E-state index in [1.54, 1.807) is 0 Å². The number of pyridine rings is 1. The van der Waals surface area contributed by atoms with Crippen LogP contribution in [-0.2, 0) is 6.54 Å². The van der Waals surface area contributed by atoms with Crippen LogP contribution in [0.5, 0.6) is 0 Å². The van der Waals surface area contributed by atoms with E-state index in [0.717, 1.165) is 23.1 Å². The lowest BCUT2D eigenvalue weighted by Gasteiger charge is -2.27. The first-order chi connectivity index (χ1) is 10.0. The molecule has 0 bridgehead atoms. The molecule has 2 aromatic rings. The summed E-state index contributed by atoms with van der Waals surface area (Å²) in [6, 6.07) is 12.4. The van der Waals surface area contributed by atoms with Crippen molar-refractivity contribution in [2.45, 2.75) is 26.4 Å². The van der Waals surface area contributed by atoms with Gasteiger partial charge in [0, 0.05) is 24.3 Å². The second-order valence-electron chi connectivity index (χ2n) is 5.28. The Morgan fingerprint density at radius 3 is 2.43 bits per heavy atom. The van der Waals surface area contributed by atoms with Gasteiger partial charge in [0.15, 0.2) is 0 Å². The summed E-state index contributed by atoms with van der Waals surface area (Å²) in [5.41, 5.74) is 3.52. The Labute approximate surface area is 132 Å². The van der Waals surface area contributed by atoms with Crippen molar-refractivity contribution in [3.05, 3.63) is 58.2 Å². The second-order valence-corrected chi connectivity index (χ2v) is 5.72. The quantitative estimate of drug-likeness (QED) is 0.906. The van der Waals surface area contributed by atoms with E-state index >= 15 is 0 Å². The highest BCUT2D eigenvalue weighted by Gasteiger charge is 2.14. The summed E-state index contributed by atoms with van der Waals surface area (Å²) in [6.45, 7) is 5.06. The van der Waals surface area contributed by atoms with Crippen molar-refractivity contribution in [3.63, 3.8) is 0 Å². The zero-order chi connectivity index (χ0) is 15.4. The van der Waals surface area contributed by atoms with E-state index in [0.29, 0.717) is 0 Å². The number of halogens is 1. The predicted octanol–water partition coefficient (Wildman–Crippen LogP) is 3.96. The summed E-state index contributed by atoms with van der Waals surface area (Å²) in [7, 11) is 4.01. The lowest BCUT2D eigenvalue weighted by atomic mass is 10.1. The molecule has 0 amide bonds. The second kappa shape index (κ2) is 6.92. The van der Waals surface area contributed by atoms with Crippen LogP contribution in [0.25, 0.3) is 0 Å². The fourth-order valence-corrected chi connectivity index (χ4v) is 2.44. The molecule has 21 heavy (non-hydrogen) atoms. The van der Waals surface area contributed by atoms with E-state index in [1.807, 2.05) is 19.2 Å². The Morgan fingerprint density at radius 1 is 1.19 bits per heavy atom. The SMILES string of the molecule is CNCc1ccc(N(C)C(C)c2ccc(Cl)cc2)nc1C. The fourth-order valence-electron chi connectivity index (χ4n) is 2.31. The molecule has 1 aromatic heterocycles. The lowest BCUT2D eigenvalue weighted by Crippen LogP contribution is -2.23. The maximum Gasteiger partial charge on any atom is 0.129 e. The largest absolute Gasteiger partial charge is 0.353 e. The molecule has 1 heterocycles. The zero-order valence-electron chi connectivity index (χ0n) is 13.0. The molecule has 4 heteroatoms. The first-order valence-electron chi connectivity index (χ1n) is 7.12. The van der Waals surface area contributed by atoms with E-state index in [-0.39, 0.29) is 6.04 Å². The van der Waals surface area contributed by atoms with Gasteiger partial charge in [0.25, 0.3) is 0 Å². The number of aromatic nitrogens is 1. The number of benzene rings is 1. The normalized spacial score (nSPS) is 12.2. The van der Waals surface area contributed by atoms with Gasteiger partial charge in [-0.1, -0.05) is 29.8 Å². The number of nitrogens with one attached hydrogen (secondary N) is 1. The van der Waals surface area contributed by atoms with Crippen LogP contribution in [-0.4, -0.2) is 19.1 Å². The average Bonchev–Trinajstić information content (AvgIpc) is 2.49. The van der Waals surface area contributed by atoms with Crippen molar-refractivity contribution in [3.8, 4) is 0 Å². The molecular formula is C17H22ClN3. The number of rotatable bonds is 5. The van der Waals surface area contributed by atoms with Gasteiger partial charge in [0.2, 0.25) is 0 Å². The van der Waals surface area contributed by atoms with Gasteiger partial charge in [-0.15, -0.1) is 0 Å². The maximum atomic E-state index is 5.95. The zero-order valence-corrected chi connectivity index (χ0v) is 13.8. The molecule has 0 radical (unpaired) electrons. The standard InChI is InChI=1S/C17H22ClN3/c1-12-15(11-19-3)7-10-17(20-12)21(4)13(2)14-5-8-16(18)9-6-14/h5-10,13,19H,11H2,1-4H3.